The van der Waals surface area contributed by atoms with Crippen LogP contribution in [0.3, 0.4) is 0 Å². The van der Waals surface area contributed by atoms with Gasteiger partial charge >= 0.3 is 0 Å². The van der Waals surface area contributed by atoms with Crippen molar-refractivity contribution in [3.63, 3.8) is 0 Å². The van der Waals surface area contributed by atoms with Crippen molar-refractivity contribution < 1.29 is 9.53 Å². The van der Waals surface area contributed by atoms with Crippen molar-refractivity contribution in [2.45, 2.75) is 57.5 Å². The molecule has 7 heteroatoms. The van der Waals surface area contributed by atoms with Crippen LogP contribution < -0.4 is 10.1 Å². The average Bonchev–Trinajstić information content (AvgIpc) is 2.86. The number of anilines is 1. The maximum absolute atomic E-state index is 12.6. The number of aromatic nitrogens is 2. The lowest BCUT2D eigenvalue weighted by molar-refractivity contribution is -0.115. The van der Waals surface area contributed by atoms with Crippen LogP contribution in [0.2, 0.25) is 5.02 Å². The molecule has 1 amide bonds. The fourth-order valence-electron chi connectivity index (χ4n) is 2.49. The van der Waals surface area contributed by atoms with E-state index in [-0.39, 0.29) is 11.2 Å². The highest BCUT2D eigenvalue weighted by molar-refractivity contribution is 8.00. The maximum atomic E-state index is 12.6. The number of aryl methyl sites for hydroxylation is 1. The van der Waals surface area contributed by atoms with Gasteiger partial charge in [0.05, 0.1) is 23.1 Å². The van der Waals surface area contributed by atoms with E-state index in [1.54, 1.807) is 25.3 Å². The first-order valence-corrected chi connectivity index (χ1v) is 9.97. The smallest absolute Gasteiger partial charge is 0.237 e. The number of ether oxygens (including phenoxy) is 1. The van der Waals surface area contributed by atoms with E-state index in [4.69, 9.17) is 16.3 Å². The van der Waals surface area contributed by atoms with Crippen LogP contribution in [0.15, 0.2) is 23.4 Å². The van der Waals surface area contributed by atoms with Crippen molar-refractivity contribution in [1.82, 2.24) is 9.55 Å². The molecule has 0 aliphatic heterocycles. The summed E-state index contributed by atoms with van der Waals surface area (Å²) in [4.78, 5) is 17.2. The van der Waals surface area contributed by atoms with Crippen LogP contribution in [0.4, 0.5) is 5.69 Å². The Balaban J connectivity index is 2.07. The molecule has 0 saturated heterocycles. The first-order chi connectivity index (χ1) is 12.4. The zero-order valence-electron chi connectivity index (χ0n) is 15.9. The Morgan fingerprint density at radius 2 is 2.15 bits per heavy atom. The molecule has 0 fully saturated rings. The van der Waals surface area contributed by atoms with Gasteiger partial charge in [-0.15, -0.1) is 0 Å². The number of rotatable bonds is 8. The van der Waals surface area contributed by atoms with Gasteiger partial charge in [0, 0.05) is 17.9 Å². The number of hydrogen-bond donors (Lipinski definition) is 1. The number of unbranched alkanes of at least 4 members (excludes halogenated alkanes) is 1. The maximum Gasteiger partial charge on any atom is 0.237 e. The topological polar surface area (TPSA) is 56.2 Å². The highest BCUT2D eigenvalue weighted by Gasteiger charge is 2.20. The quantitative estimate of drug-likeness (QED) is 0.633. The number of benzene rings is 1. The predicted octanol–water partition coefficient (Wildman–Crippen LogP) is 5.08. The number of carbonyl (C=O) groups excluding carboxylic acids is 1. The number of nitrogens with zero attached hydrogens (tertiary/aromatic N) is 2. The van der Waals surface area contributed by atoms with Gasteiger partial charge in [-0.1, -0.05) is 36.7 Å². The van der Waals surface area contributed by atoms with Crippen LogP contribution in [-0.2, 0) is 11.3 Å². The minimum atomic E-state index is -0.280. The predicted molar refractivity (Wildman–Crippen MR) is 109 cm³/mol. The third-order valence-electron chi connectivity index (χ3n) is 4.23. The molecule has 0 saturated carbocycles. The Hall–Kier alpha value is -1.66. The minimum absolute atomic E-state index is 0.0865. The third kappa shape index (κ3) is 4.95. The molecule has 0 radical (unpaired) electrons. The van der Waals surface area contributed by atoms with E-state index in [1.165, 1.54) is 11.8 Å². The second kappa shape index (κ2) is 9.33. The SMILES string of the molecule is CCCCn1c(SC(C)C(=O)Nc2ccc(OC)c(Cl)c2)nc(C)c1C. The lowest BCUT2D eigenvalue weighted by Gasteiger charge is -2.14. The van der Waals surface area contributed by atoms with Gasteiger partial charge in [-0.05, 0) is 45.4 Å². The number of carbonyl (C=O) groups is 1. The van der Waals surface area contributed by atoms with Crippen molar-refractivity contribution in [3.05, 3.63) is 34.6 Å². The Bertz CT molecular complexity index is 776. The summed E-state index contributed by atoms with van der Waals surface area (Å²) in [5.41, 5.74) is 2.82. The van der Waals surface area contributed by atoms with Crippen LogP contribution in [0.1, 0.15) is 38.1 Å². The molecular formula is C19H26ClN3O2S. The van der Waals surface area contributed by atoms with E-state index >= 15 is 0 Å². The van der Waals surface area contributed by atoms with Gasteiger partial charge in [-0.3, -0.25) is 4.79 Å². The lowest BCUT2D eigenvalue weighted by atomic mass is 10.3. The van der Waals surface area contributed by atoms with Crippen LogP contribution >= 0.6 is 23.4 Å². The highest BCUT2D eigenvalue weighted by Crippen LogP contribution is 2.29. The molecule has 1 aromatic carbocycles. The third-order valence-corrected chi connectivity index (χ3v) is 5.61. The molecule has 26 heavy (non-hydrogen) atoms. The minimum Gasteiger partial charge on any atom is -0.495 e. The molecule has 0 spiro atoms. The van der Waals surface area contributed by atoms with Crippen molar-refractivity contribution in [2.75, 3.05) is 12.4 Å². The molecule has 0 aliphatic carbocycles. The largest absolute Gasteiger partial charge is 0.495 e. The van der Waals surface area contributed by atoms with Crippen molar-refractivity contribution in [2.24, 2.45) is 0 Å². The van der Waals surface area contributed by atoms with Gasteiger partial charge in [0.1, 0.15) is 5.75 Å². The molecular weight excluding hydrogens is 370 g/mol. The van der Waals surface area contributed by atoms with E-state index in [2.05, 4.69) is 28.7 Å². The first kappa shape index (κ1) is 20.6. The molecule has 2 rings (SSSR count). The number of imidazole rings is 1. The normalized spacial score (nSPS) is 12.1. The number of nitrogens with one attached hydrogen (secondary N) is 1. The lowest BCUT2D eigenvalue weighted by Crippen LogP contribution is -2.23. The van der Waals surface area contributed by atoms with Gasteiger partial charge in [-0.25, -0.2) is 4.98 Å². The summed E-state index contributed by atoms with van der Waals surface area (Å²) in [6, 6.07) is 5.20. The first-order valence-electron chi connectivity index (χ1n) is 8.72. The van der Waals surface area contributed by atoms with E-state index < -0.39 is 0 Å². The molecule has 2 aromatic rings. The summed E-state index contributed by atoms with van der Waals surface area (Å²) in [6.45, 7) is 9.06. The fraction of sp³-hybridized carbons (Fsp3) is 0.474. The number of thioether (sulfide) groups is 1. The number of hydrogen-bond acceptors (Lipinski definition) is 4. The Kier molecular flexibility index (Phi) is 7.41. The van der Waals surface area contributed by atoms with Crippen molar-refractivity contribution in [3.8, 4) is 5.75 Å². The molecule has 1 aromatic heterocycles. The number of methoxy groups -OCH3 is 1. The van der Waals surface area contributed by atoms with E-state index in [1.807, 2.05) is 13.8 Å². The van der Waals surface area contributed by atoms with Gasteiger partial charge in [-0.2, -0.15) is 0 Å². The summed E-state index contributed by atoms with van der Waals surface area (Å²) in [7, 11) is 1.56. The monoisotopic (exact) mass is 395 g/mol. The second-order valence-electron chi connectivity index (χ2n) is 6.17. The Labute approximate surface area is 164 Å². The van der Waals surface area contributed by atoms with Crippen LogP contribution in [0.5, 0.6) is 5.75 Å². The highest BCUT2D eigenvalue weighted by atomic mass is 35.5. The average molecular weight is 396 g/mol. The number of halogens is 1. The van der Waals surface area contributed by atoms with E-state index in [0.717, 1.165) is 35.9 Å². The van der Waals surface area contributed by atoms with Crippen LogP contribution in [0, 0.1) is 13.8 Å². The van der Waals surface area contributed by atoms with Crippen LogP contribution in [0.25, 0.3) is 0 Å². The zero-order chi connectivity index (χ0) is 19.3. The second-order valence-corrected chi connectivity index (χ2v) is 7.88. The molecule has 5 nitrogen and oxygen atoms in total. The fourth-order valence-corrected chi connectivity index (χ4v) is 3.78. The van der Waals surface area contributed by atoms with Gasteiger partial charge in [0.15, 0.2) is 5.16 Å². The molecule has 1 heterocycles. The summed E-state index contributed by atoms with van der Waals surface area (Å²) in [6.07, 6.45) is 2.21. The van der Waals surface area contributed by atoms with E-state index in [9.17, 15) is 4.79 Å². The number of amides is 1. The van der Waals surface area contributed by atoms with Crippen molar-refractivity contribution in [1.29, 1.82) is 0 Å². The van der Waals surface area contributed by atoms with Crippen LogP contribution in [-0.4, -0.2) is 27.8 Å². The summed E-state index contributed by atoms with van der Waals surface area (Å²) >= 11 is 7.59. The van der Waals surface area contributed by atoms with Gasteiger partial charge in [0.25, 0.3) is 0 Å². The molecule has 0 bridgehead atoms. The summed E-state index contributed by atoms with van der Waals surface area (Å²) in [5.74, 6) is 0.493. The van der Waals surface area contributed by atoms with Gasteiger partial charge in [0.2, 0.25) is 5.91 Å². The molecule has 1 N–H and O–H groups in total. The molecule has 0 aliphatic rings. The Morgan fingerprint density at radius 3 is 2.77 bits per heavy atom. The summed E-state index contributed by atoms with van der Waals surface area (Å²) < 4.78 is 7.34. The van der Waals surface area contributed by atoms with Gasteiger partial charge < -0.3 is 14.6 Å². The molecule has 142 valence electrons. The summed E-state index contributed by atoms with van der Waals surface area (Å²) in [5, 5.41) is 3.98. The molecule has 1 unspecified atom stereocenters. The van der Waals surface area contributed by atoms with E-state index in [0.29, 0.717) is 16.5 Å². The zero-order valence-corrected chi connectivity index (χ0v) is 17.5. The molecule has 1 atom stereocenters. The Morgan fingerprint density at radius 1 is 1.42 bits per heavy atom. The standard InChI is InChI=1S/C19H26ClN3O2S/c1-6-7-10-23-13(3)12(2)21-19(23)26-14(4)18(24)22-15-8-9-17(25-5)16(20)11-15/h8-9,11,14H,6-7,10H2,1-5H3,(H,22,24). The van der Waals surface area contributed by atoms with Crippen molar-refractivity contribution >= 4 is 35.0 Å².